The summed E-state index contributed by atoms with van der Waals surface area (Å²) in [6.07, 6.45) is 0. The first kappa shape index (κ1) is 43.6. The summed E-state index contributed by atoms with van der Waals surface area (Å²) >= 11 is 0. The zero-order valence-corrected chi connectivity index (χ0v) is 41.6. The number of para-hydroxylation sites is 2. The van der Waals surface area contributed by atoms with E-state index in [2.05, 4.69) is 301 Å². The lowest BCUT2D eigenvalue weighted by Gasteiger charge is -2.28. The van der Waals surface area contributed by atoms with Crippen LogP contribution in [0.3, 0.4) is 0 Å². The molecule has 15 aromatic carbocycles. The lowest BCUT2D eigenvalue weighted by atomic mass is 9.80. The van der Waals surface area contributed by atoms with Gasteiger partial charge in [-0.15, -0.1) is 0 Å². The van der Waals surface area contributed by atoms with Crippen molar-refractivity contribution in [2.75, 3.05) is 9.80 Å². The molecule has 2 heteroatoms. The van der Waals surface area contributed by atoms with Gasteiger partial charge in [-0.25, -0.2) is 0 Å². The van der Waals surface area contributed by atoms with Gasteiger partial charge in [-0.1, -0.05) is 218 Å². The molecule has 0 bridgehead atoms. The van der Waals surface area contributed by atoms with Gasteiger partial charge in [0.25, 0.3) is 0 Å². The molecule has 0 saturated carbocycles. The quantitative estimate of drug-likeness (QED) is 0.111. The van der Waals surface area contributed by atoms with Crippen molar-refractivity contribution < 1.29 is 0 Å². The van der Waals surface area contributed by atoms with Crippen molar-refractivity contribution in [1.29, 1.82) is 0 Å². The van der Waals surface area contributed by atoms with Crippen molar-refractivity contribution in [1.82, 2.24) is 0 Å². The summed E-state index contributed by atoms with van der Waals surface area (Å²) in [6.45, 7) is 0. The van der Waals surface area contributed by atoms with Crippen LogP contribution in [0.4, 0.5) is 34.1 Å². The van der Waals surface area contributed by atoms with Crippen LogP contribution in [0.2, 0.25) is 0 Å². The maximum atomic E-state index is 2.42. The average Bonchev–Trinajstić information content (AvgIpc) is 3.66. The molecule has 0 atom stereocenters. The van der Waals surface area contributed by atoms with Crippen LogP contribution in [-0.2, 0) is 0 Å². The Kier molecular flexibility index (Phi) is 10.2. The maximum absolute atomic E-state index is 2.42. The van der Waals surface area contributed by atoms with Crippen LogP contribution in [0, 0.1) is 0 Å². The lowest BCUT2D eigenvalue weighted by Crippen LogP contribution is -2.10. The highest BCUT2D eigenvalue weighted by atomic mass is 15.1. The molecule has 15 aromatic rings. The van der Waals surface area contributed by atoms with E-state index in [0.29, 0.717) is 0 Å². The summed E-state index contributed by atoms with van der Waals surface area (Å²) in [6, 6.07) is 107. The third kappa shape index (κ3) is 7.11. The largest absolute Gasteiger partial charge is 0.310 e. The van der Waals surface area contributed by atoms with Crippen LogP contribution in [-0.4, -0.2) is 0 Å². The third-order valence-electron chi connectivity index (χ3n) is 15.7. The van der Waals surface area contributed by atoms with E-state index >= 15 is 0 Å². The predicted octanol–water partition coefficient (Wildman–Crippen LogP) is 21.2. The van der Waals surface area contributed by atoms with Gasteiger partial charge < -0.3 is 9.80 Å². The molecule has 0 aromatic heterocycles. The monoisotopic (exact) mass is 964 g/mol. The van der Waals surface area contributed by atoms with Gasteiger partial charge in [-0.2, -0.15) is 0 Å². The average molecular weight is 965 g/mol. The predicted molar refractivity (Wildman–Crippen MR) is 327 cm³/mol. The first-order valence-corrected chi connectivity index (χ1v) is 26.2. The van der Waals surface area contributed by atoms with Gasteiger partial charge in [0.2, 0.25) is 0 Å². The van der Waals surface area contributed by atoms with Gasteiger partial charge in [-0.05, 0) is 176 Å². The molecule has 0 radical (unpaired) electrons. The van der Waals surface area contributed by atoms with Gasteiger partial charge in [0.05, 0.1) is 5.69 Å². The molecule has 76 heavy (non-hydrogen) atoms. The van der Waals surface area contributed by atoms with Crippen LogP contribution in [0.1, 0.15) is 0 Å². The first-order chi connectivity index (χ1) is 37.7. The van der Waals surface area contributed by atoms with E-state index < -0.39 is 0 Å². The maximum Gasteiger partial charge on any atom is 0.0540 e. The second-order valence-corrected chi connectivity index (χ2v) is 20.0. The van der Waals surface area contributed by atoms with Crippen molar-refractivity contribution in [3.8, 4) is 22.3 Å². The van der Waals surface area contributed by atoms with E-state index in [-0.39, 0.29) is 0 Å². The van der Waals surface area contributed by atoms with Crippen molar-refractivity contribution in [3.05, 3.63) is 291 Å². The molecule has 0 aliphatic carbocycles. The van der Waals surface area contributed by atoms with E-state index in [1.165, 1.54) is 108 Å². The van der Waals surface area contributed by atoms with E-state index in [1.54, 1.807) is 0 Å². The SMILES string of the molecule is c1ccc(N(c2ccc3ccccc3c2)c2ccc3cc(-c4c5ccccc5c(-c5ccc(N(c6ccccc6)c6ccc7ccccc7c6)c6ccccc56)c5c6ccccc6c6ccccc6c45)ccc3c2)cc1. The van der Waals surface area contributed by atoms with Crippen LogP contribution < -0.4 is 9.80 Å². The molecule has 0 spiro atoms. The van der Waals surface area contributed by atoms with Crippen LogP contribution in [0.5, 0.6) is 0 Å². The minimum atomic E-state index is 1.11. The molecule has 0 fully saturated rings. The molecule has 15 rings (SSSR count). The molecule has 354 valence electrons. The molecule has 0 unspecified atom stereocenters. The van der Waals surface area contributed by atoms with Gasteiger partial charge in [0, 0.05) is 33.8 Å². The summed E-state index contributed by atoms with van der Waals surface area (Å²) in [4.78, 5) is 4.79. The molecular formula is C74H48N2. The summed E-state index contributed by atoms with van der Waals surface area (Å²) < 4.78 is 0. The topological polar surface area (TPSA) is 6.48 Å². The lowest BCUT2D eigenvalue weighted by molar-refractivity contribution is 1.29. The molecule has 0 heterocycles. The number of rotatable bonds is 8. The standard InChI is InChI=1S/C74H48N2/c1-3-23-56(24-4-1)75(58-40-37-49-19-7-9-21-51(49)46-58)59-42-39-53-45-55(36-35-54(53)48-59)71-67-33-17-18-34-68(67)72(74-66-32-16-13-28-62(66)61-27-12-15-31-65(61)73(71)74)69-43-44-70(64-30-14-11-29-63(64)69)76(57-25-5-2-6-26-57)60-41-38-50-20-8-10-22-52(50)47-60/h1-48H. The van der Waals surface area contributed by atoms with E-state index in [9.17, 15) is 0 Å². The molecular weight excluding hydrogens is 917 g/mol. The fourth-order valence-corrected chi connectivity index (χ4v) is 12.3. The van der Waals surface area contributed by atoms with E-state index in [4.69, 9.17) is 0 Å². The Morgan fingerprint density at radius 3 is 1.16 bits per heavy atom. The highest BCUT2D eigenvalue weighted by Gasteiger charge is 2.25. The second-order valence-electron chi connectivity index (χ2n) is 20.0. The van der Waals surface area contributed by atoms with E-state index in [0.717, 1.165) is 34.1 Å². The van der Waals surface area contributed by atoms with Crippen LogP contribution in [0.15, 0.2) is 291 Å². The number of hydrogen-bond acceptors (Lipinski definition) is 2. The Morgan fingerprint density at radius 1 is 0.197 bits per heavy atom. The minimum Gasteiger partial charge on any atom is -0.310 e. The zero-order valence-electron chi connectivity index (χ0n) is 41.6. The van der Waals surface area contributed by atoms with Crippen molar-refractivity contribution in [2.45, 2.75) is 0 Å². The summed E-state index contributed by atoms with van der Waals surface area (Å²) in [5, 5.41) is 19.6. The van der Waals surface area contributed by atoms with Crippen LogP contribution >= 0.6 is 0 Å². The fraction of sp³-hybridized carbons (Fsp3) is 0. The minimum absolute atomic E-state index is 1.11. The number of anilines is 6. The second kappa shape index (κ2) is 17.9. The molecule has 0 amide bonds. The highest BCUT2D eigenvalue weighted by molar-refractivity contribution is 6.37. The number of nitrogens with zero attached hydrogens (tertiary/aromatic N) is 2. The third-order valence-corrected chi connectivity index (χ3v) is 15.7. The Bertz CT molecular complexity index is 4770. The van der Waals surface area contributed by atoms with Gasteiger partial charge >= 0.3 is 0 Å². The Morgan fingerprint density at radius 2 is 0.579 bits per heavy atom. The molecule has 0 N–H and O–H groups in total. The summed E-state index contributed by atoms with van der Waals surface area (Å²) in [5.41, 5.74) is 11.6. The number of benzene rings is 15. The summed E-state index contributed by atoms with van der Waals surface area (Å²) in [5.74, 6) is 0. The number of fused-ring (bicyclic) bond motifs is 11. The molecule has 0 aliphatic rings. The zero-order chi connectivity index (χ0) is 50.1. The van der Waals surface area contributed by atoms with Crippen LogP contribution in [0.25, 0.3) is 108 Å². The molecule has 0 saturated heterocycles. The van der Waals surface area contributed by atoms with E-state index in [1.807, 2.05) is 0 Å². The Balaban J connectivity index is 0.969. The van der Waals surface area contributed by atoms with Gasteiger partial charge in [-0.3, -0.25) is 0 Å². The van der Waals surface area contributed by atoms with Crippen molar-refractivity contribution in [3.63, 3.8) is 0 Å². The normalized spacial score (nSPS) is 11.7. The van der Waals surface area contributed by atoms with Crippen molar-refractivity contribution in [2.24, 2.45) is 0 Å². The first-order valence-electron chi connectivity index (χ1n) is 26.2. The molecule has 0 aliphatic heterocycles. The van der Waals surface area contributed by atoms with Gasteiger partial charge in [0.1, 0.15) is 0 Å². The Hall–Kier alpha value is -10.0. The highest BCUT2D eigenvalue weighted by Crippen LogP contribution is 2.52. The summed E-state index contributed by atoms with van der Waals surface area (Å²) in [7, 11) is 0. The fourth-order valence-electron chi connectivity index (χ4n) is 12.3. The van der Waals surface area contributed by atoms with Gasteiger partial charge in [0.15, 0.2) is 0 Å². The molecule has 2 nitrogen and oxygen atoms in total. The van der Waals surface area contributed by atoms with Crippen molar-refractivity contribution >= 4 is 120 Å². The smallest absolute Gasteiger partial charge is 0.0540 e. The number of hydrogen-bond donors (Lipinski definition) is 0. The Labute approximate surface area is 441 Å².